The molecule has 1 heterocycles. The van der Waals surface area contributed by atoms with Crippen molar-refractivity contribution in [2.24, 2.45) is 5.92 Å². The van der Waals surface area contributed by atoms with Crippen molar-refractivity contribution in [1.82, 2.24) is 0 Å². The second kappa shape index (κ2) is 6.30. The van der Waals surface area contributed by atoms with Crippen LogP contribution >= 0.6 is 11.6 Å². The highest BCUT2D eigenvalue weighted by molar-refractivity contribution is 6.34. The highest BCUT2D eigenvalue weighted by Crippen LogP contribution is 2.38. The summed E-state index contributed by atoms with van der Waals surface area (Å²) in [6.45, 7) is 3.60. The third kappa shape index (κ3) is 3.26. The molecule has 0 spiro atoms. The van der Waals surface area contributed by atoms with Gasteiger partial charge in [0.1, 0.15) is 5.69 Å². The first-order valence-electron chi connectivity index (χ1n) is 6.75. The van der Waals surface area contributed by atoms with Crippen LogP contribution in [0.25, 0.3) is 0 Å². The summed E-state index contributed by atoms with van der Waals surface area (Å²) in [7, 11) is 1.22. The third-order valence-electron chi connectivity index (χ3n) is 3.76. The normalized spacial score (nSPS) is 15.9. The van der Waals surface area contributed by atoms with Crippen LogP contribution in [-0.2, 0) is 4.74 Å². The number of rotatable bonds is 3. The van der Waals surface area contributed by atoms with E-state index in [0.29, 0.717) is 11.6 Å². The molecule has 0 amide bonds. The highest BCUT2D eigenvalue weighted by Gasteiger charge is 2.28. The Hall–Kier alpha value is -1.82. The number of benzene rings is 1. The molecule has 1 aliphatic rings. The van der Waals surface area contributed by atoms with E-state index in [1.165, 1.54) is 19.2 Å². The maximum absolute atomic E-state index is 11.6. The number of hydrogen-bond acceptors (Lipinski definition) is 5. The maximum atomic E-state index is 11.6. The van der Waals surface area contributed by atoms with Crippen molar-refractivity contribution in [3.05, 3.63) is 32.8 Å². The molecule has 2 rings (SSSR count). The molecule has 21 heavy (non-hydrogen) atoms. The quantitative estimate of drug-likeness (QED) is 0.486. The summed E-state index contributed by atoms with van der Waals surface area (Å²) in [5.41, 5.74) is 0.321. The van der Waals surface area contributed by atoms with Crippen molar-refractivity contribution >= 4 is 28.9 Å². The van der Waals surface area contributed by atoms with Crippen molar-refractivity contribution in [2.75, 3.05) is 25.1 Å². The first kappa shape index (κ1) is 15.6. The summed E-state index contributed by atoms with van der Waals surface area (Å²) in [5.74, 6) is -0.0350. The Balaban J connectivity index is 2.45. The van der Waals surface area contributed by atoms with Crippen LogP contribution in [-0.4, -0.2) is 31.1 Å². The van der Waals surface area contributed by atoms with Gasteiger partial charge in [0.15, 0.2) is 0 Å². The van der Waals surface area contributed by atoms with Gasteiger partial charge in [-0.05, 0) is 24.8 Å². The number of nitro benzene ring substituents is 1. The van der Waals surface area contributed by atoms with Gasteiger partial charge in [0.2, 0.25) is 0 Å². The molecule has 1 saturated heterocycles. The average Bonchev–Trinajstić information content (AvgIpc) is 2.46. The van der Waals surface area contributed by atoms with Gasteiger partial charge in [-0.25, -0.2) is 4.79 Å². The molecule has 6 nitrogen and oxygen atoms in total. The van der Waals surface area contributed by atoms with Gasteiger partial charge in [-0.2, -0.15) is 0 Å². The smallest absolute Gasteiger partial charge is 0.338 e. The van der Waals surface area contributed by atoms with E-state index in [1.807, 2.05) is 4.90 Å². The number of carbonyl (C=O) groups is 1. The van der Waals surface area contributed by atoms with Crippen molar-refractivity contribution in [2.45, 2.75) is 19.8 Å². The Kier molecular flexibility index (Phi) is 4.67. The summed E-state index contributed by atoms with van der Waals surface area (Å²) in [6, 6.07) is 2.65. The summed E-state index contributed by atoms with van der Waals surface area (Å²) in [5, 5.41) is 11.5. The third-order valence-corrected chi connectivity index (χ3v) is 4.05. The molecular weight excluding hydrogens is 296 g/mol. The Morgan fingerprint density at radius 1 is 1.43 bits per heavy atom. The maximum Gasteiger partial charge on any atom is 0.338 e. The standard InChI is InChI=1S/C14H17ClN2O4/c1-9-3-5-16(6-4-9)13-11(15)7-10(14(18)21-2)8-12(13)17(19)20/h7-9H,3-6H2,1-2H3. The number of piperidine rings is 1. The molecule has 0 unspecified atom stereocenters. The zero-order valence-corrected chi connectivity index (χ0v) is 12.7. The predicted octanol–water partition coefficient (Wildman–Crippen LogP) is 3.27. The second-order valence-corrected chi connectivity index (χ2v) is 5.65. The summed E-state index contributed by atoms with van der Waals surface area (Å²) < 4.78 is 4.59. The Bertz CT molecular complexity index is 568. The Morgan fingerprint density at radius 3 is 2.57 bits per heavy atom. The van der Waals surface area contributed by atoms with E-state index in [4.69, 9.17) is 11.6 Å². The highest BCUT2D eigenvalue weighted by atomic mass is 35.5. The molecule has 0 N–H and O–H groups in total. The zero-order valence-electron chi connectivity index (χ0n) is 12.0. The van der Waals surface area contributed by atoms with Crippen LogP contribution in [0.2, 0.25) is 5.02 Å². The van der Waals surface area contributed by atoms with Gasteiger partial charge >= 0.3 is 5.97 Å². The van der Waals surface area contributed by atoms with E-state index < -0.39 is 10.9 Å². The number of hydrogen-bond donors (Lipinski definition) is 0. The minimum absolute atomic E-state index is 0.0864. The van der Waals surface area contributed by atoms with E-state index in [2.05, 4.69) is 11.7 Å². The number of carbonyl (C=O) groups excluding carboxylic acids is 1. The molecule has 0 aliphatic carbocycles. The zero-order chi connectivity index (χ0) is 15.6. The van der Waals surface area contributed by atoms with Crippen LogP contribution in [0.15, 0.2) is 12.1 Å². The van der Waals surface area contributed by atoms with E-state index in [0.717, 1.165) is 25.9 Å². The number of anilines is 1. The number of ether oxygens (including phenoxy) is 1. The number of nitrogens with zero attached hydrogens (tertiary/aromatic N) is 2. The average molecular weight is 313 g/mol. The molecule has 0 saturated carbocycles. The molecule has 1 aromatic rings. The first-order valence-corrected chi connectivity index (χ1v) is 7.13. The fraction of sp³-hybridized carbons (Fsp3) is 0.500. The van der Waals surface area contributed by atoms with Gasteiger partial charge in [-0.3, -0.25) is 10.1 Å². The Labute approximate surface area is 127 Å². The van der Waals surface area contributed by atoms with Gasteiger partial charge in [-0.1, -0.05) is 18.5 Å². The van der Waals surface area contributed by atoms with Crippen LogP contribution in [0.3, 0.4) is 0 Å². The Morgan fingerprint density at radius 2 is 2.05 bits per heavy atom. The molecule has 1 aromatic carbocycles. The number of esters is 1. The number of halogens is 1. The second-order valence-electron chi connectivity index (χ2n) is 5.24. The van der Waals surface area contributed by atoms with Gasteiger partial charge in [0.25, 0.3) is 5.69 Å². The molecule has 7 heteroatoms. The van der Waals surface area contributed by atoms with E-state index in [1.54, 1.807) is 0 Å². The number of methoxy groups -OCH3 is 1. The van der Waals surface area contributed by atoms with Crippen molar-refractivity contribution in [3.8, 4) is 0 Å². The van der Waals surface area contributed by atoms with Crippen LogP contribution in [0, 0.1) is 16.0 Å². The van der Waals surface area contributed by atoms with E-state index in [9.17, 15) is 14.9 Å². The molecule has 0 aromatic heterocycles. The van der Waals surface area contributed by atoms with Crippen LogP contribution in [0.1, 0.15) is 30.1 Å². The summed E-state index contributed by atoms with van der Waals surface area (Å²) >= 11 is 6.20. The van der Waals surface area contributed by atoms with Crippen molar-refractivity contribution in [1.29, 1.82) is 0 Å². The van der Waals surface area contributed by atoms with E-state index >= 15 is 0 Å². The van der Waals surface area contributed by atoms with Gasteiger partial charge in [0.05, 0.1) is 22.6 Å². The topological polar surface area (TPSA) is 72.7 Å². The largest absolute Gasteiger partial charge is 0.465 e. The molecule has 0 atom stereocenters. The van der Waals surface area contributed by atoms with Gasteiger partial charge in [0, 0.05) is 19.2 Å². The molecule has 1 fully saturated rings. The summed E-state index contributed by atoms with van der Waals surface area (Å²) in [6.07, 6.45) is 1.93. The van der Waals surface area contributed by atoms with Crippen molar-refractivity contribution in [3.63, 3.8) is 0 Å². The van der Waals surface area contributed by atoms with Crippen molar-refractivity contribution < 1.29 is 14.5 Å². The lowest BCUT2D eigenvalue weighted by molar-refractivity contribution is -0.384. The van der Waals surface area contributed by atoms with Gasteiger partial charge in [-0.15, -0.1) is 0 Å². The summed E-state index contributed by atoms with van der Waals surface area (Å²) in [4.78, 5) is 24.3. The molecular formula is C14H17ClN2O4. The lowest BCUT2D eigenvalue weighted by Gasteiger charge is -2.32. The lowest BCUT2D eigenvalue weighted by atomic mass is 9.98. The number of nitro groups is 1. The van der Waals surface area contributed by atoms with E-state index in [-0.39, 0.29) is 16.3 Å². The van der Waals surface area contributed by atoms with Gasteiger partial charge < -0.3 is 9.64 Å². The molecule has 1 aliphatic heterocycles. The first-order chi connectivity index (χ1) is 9.93. The molecule has 0 bridgehead atoms. The fourth-order valence-corrected chi connectivity index (χ4v) is 2.84. The minimum Gasteiger partial charge on any atom is -0.465 e. The van der Waals surface area contributed by atoms with Crippen LogP contribution in [0.4, 0.5) is 11.4 Å². The molecule has 114 valence electrons. The minimum atomic E-state index is -0.640. The van der Waals surface area contributed by atoms with Crippen LogP contribution < -0.4 is 4.90 Å². The molecule has 0 radical (unpaired) electrons. The van der Waals surface area contributed by atoms with Crippen LogP contribution in [0.5, 0.6) is 0 Å². The monoisotopic (exact) mass is 312 g/mol. The fourth-order valence-electron chi connectivity index (χ4n) is 2.50. The SMILES string of the molecule is COC(=O)c1cc(Cl)c(N2CCC(C)CC2)c([N+](=O)[O-])c1. The predicted molar refractivity (Wildman–Crippen MR) is 80.1 cm³/mol. The lowest BCUT2D eigenvalue weighted by Crippen LogP contribution is -2.33.